The molecule has 0 aliphatic carbocycles. The Bertz CT molecular complexity index is 371. The van der Waals surface area contributed by atoms with Crippen LogP contribution in [0, 0.1) is 6.92 Å². The zero-order valence-electron chi connectivity index (χ0n) is 8.07. The molecule has 0 radical (unpaired) electrons. The number of amides is 1. The average molecular weight is 212 g/mol. The van der Waals surface area contributed by atoms with Crippen LogP contribution in [0.3, 0.4) is 0 Å². The highest BCUT2D eigenvalue weighted by Crippen LogP contribution is 2.00. The molecule has 0 unspecified atom stereocenters. The van der Waals surface area contributed by atoms with Crippen LogP contribution in [0.4, 0.5) is 0 Å². The van der Waals surface area contributed by atoms with E-state index in [0.29, 0.717) is 5.69 Å². The maximum Gasteiger partial charge on any atom is 0.269 e. The van der Waals surface area contributed by atoms with Crippen molar-refractivity contribution in [3.8, 4) is 0 Å². The third-order valence-corrected chi connectivity index (χ3v) is 1.80. The summed E-state index contributed by atoms with van der Waals surface area (Å²) in [5, 5.41) is 6.64. The molecule has 0 aliphatic heterocycles. The third kappa shape index (κ3) is 2.53. The summed E-state index contributed by atoms with van der Waals surface area (Å²) in [7, 11) is 1.71. The van der Waals surface area contributed by atoms with Crippen LogP contribution in [0.1, 0.15) is 16.2 Å². The number of carbonyl (C=O) groups excluding carboxylic acids is 1. The van der Waals surface area contributed by atoms with Crippen LogP contribution >= 0.6 is 12.2 Å². The molecule has 1 heterocycles. The Hall–Kier alpha value is -1.43. The first-order valence-corrected chi connectivity index (χ1v) is 4.48. The molecule has 0 bridgehead atoms. The predicted octanol–water partition coefficient (Wildman–Crippen LogP) is -0.256. The molecule has 1 amide bonds. The van der Waals surface area contributed by atoms with Gasteiger partial charge in [-0.05, 0) is 13.0 Å². The van der Waals surface area contributed by atoms with Crippen LogP contribution in [0.5, 0.6) is 0 Å². The molecule has 0 saturated carbocycles. The summed E-state index contributed by atoms with van der Waals surface area (Å²) in [6, 6.07) is 1.70. The molecule has 3 N–H and O–H groups in total. The zero-order valence-corrected chi connectivity index (χ0v) is 8.89. The second-order valence-corrected chi connectivity index (χ2v) is 3.47. The topological polar surface area (TPSA) is 72.9 Å². The van der Waals surface area contributed by atoms with Crippen LogP contribution in [-0.2, 0) is 7.05 Å². The highest BCUT2D eigenvalue weighted by atomic mass is 32.1. The maximum atomic E-state index is 11.5. The van der Waals surface area contributed by atoms with Gasteiger partial charge in [-0.25, -0.2) is 0 Å². The van der Waals surface area contributed by atoms with Gasteiger partial charge >= 0.3 is 0 Å². The zero-order chi connectivity index (χ0) is 10.7. The second-order valence-electron chi connectivity index (χ2n) is 2.94. The highest BCUT2D eigenvalue weighted by Gasteiger charge is 2.10. The summed E-state index contributed by atoms with van der Waals surface area (Å²) in [6.45, 7) is 2.03. The molecule has 0 aliphatic rings. The molecule has 1 aromatic heterocycles. The first-order valence-electron chi connectivity index (χ1n) is 4.08. The summed E-state index contributed by atoms with van der Waals surface area (Å²) in [5.41, 5.74) is 6.55. The van der Waals surface area contributed by atoms with E-state index >= 15 is 0 Å². The van der Waals surface area contributed by atoms with Crippen molar-refractivity contribution in [1.82, 2.24) is 15.1 Å². The molecular weight excluding hydrogens is 200 g/mol. The van der Waals surface area contributed by atoms with Gasteiger partial charge in [0.15, 0.2) is 0 Å². The smallest absolute Gasteiger partial charge is 0.269 e. The first kappa shape index (κ1) is 10.6. The lowest BCUT2D eigenvalue weighted by Crippen LogP contribution is -2.33. The number of aromatic nitrogens is 2. The number of rotatable bonds is 3. The van der Waals surface area contributed by atoms with E-state index in [9.17, 15) is 4.79 Å². The summed E-state index contributed by atoms with van der Waals surface area (Å²) >= 11 is 4.64. The Balaban J connectivity index is 2.69. The van der Waals surface area contributed by atoms with Crippen molar-refractivity contribution in [3.05, 3.63) is 17.5 Å². The fourth-order valence-corrected chi connectivity index (χ4v) is 1.15. The fraction of sp³-hybridized carbons (Fsp3) is 0.375. The number of hydrogen-bond acceptors (Lipinski definition) is 3. The van der Waals surface area contributed by atoms with Gasteiger partial charge in [0.2, 0.25) is 0 Å². The number of hydrogen-bond donors (Lipinski definition) is 2. The Morgan fingerprint density at radius 2 is 2.43 bits per heavy atom. The molecule has 0 aromatic carbocycles. The monoisotopic (exact) mass is 212 g/mol. The standard InChI is InChI=1S/C8H12N4OS/c1-5-3-6(12(2)11-5)8(13)10-4-7(9)14/h3H,4H2,1-2H3,(H2,9,14)(H,10,13). The SMILES string of the molecule is Cc1cc(C(=O)NCC(N)=S)n(C)n1. The lowest BCUT2D eigenvalue weighted by atomic mass is 10.3. The van der Waals surface area contributed by atoms with Gasteiger partial charge in [-0.15, -0.1) is 0 Å². The van der Waals surface area contributed by atoms with Gasteiger partial charge in [-0.3, -0.25) is 9.48 Å². The van der Waals surface area contributed by atoms with Gasteiger partial charge in [0.1, 0.15) is 5.69 Å². The van der Waals surface area contributed by atoms with Gasteiger partial charge in [0, 0.05) is 7.05 Å². The second kappa shape index (κ2) is 4.19. The molecule has 0 spiro atoms. The van der Waals surface area contributed by atoms with Crippen LogP contribution < -0.4 is 11.1 Å². The minimum Gasteiger partial charge on any atom is -0.392 e. The van der Waals surface area contributed by atoms with E-state index < -0.39 is 0 Å². The lowest BCUT2D eigenvalue weighted by molar-refractivity contribution is 0.0950. The number of nitrogens with zero attached hydrogens (tertiary/aromatic N) is 2. The number of nitrogens with two attached hydrogens (primary N) is 1. The Labute approximate surface area is 87.3 Å². The third-order valence-electron chi connectivity index (χ3n) is 1.66. The van der Waals surface area contributed by atoms with Crippen molar-refractivity contribution in [1.29, 1.82) is 0 Å². The lowest BCUT2D eigenvalue weighted by Gasteiger charge is -2.03. The van der Waals surface area contributed by atoms with Crippen molar-refractivity contribution >= 4 is 23.1 Å². The van der Waals surface area contributed by atoms with Gasteiger partial charge in [0.05, 0.1) is 17.2 Å². The van der Waals surface area contributed by atoms with E-state index in [-0.39, 0.29) is 17.4 Å². The Morgan fingerprint density at radius 3 is 2.86 bits per heavy atom. The van der Waals surface area contributed by atoms with Crippen LogP contribution in [0.25, 0.3) is 0 Å². The minimum absolute atomic E-state index is 0.207. The normalized spacial score (nSPS) is 9.86. The maximum absolute atomic E-state index is 11.5. The Kier molecular flexibility index (Phi) is 3.19. The summed E-state index contributed by atoms with van der Waals surface area (Å²) in [4.78, 5) is 11.8. The van der Waals surface area contributed by atoms with Gasteiger partial charge < -0.3 is 11.1 Å². The van der Waals surface area contributed by atoms with E-state index in [1.807, 2.05) is 6.92 Å². The number of thiocarbonyl (C=S) groups is 1. The average Bonchev–Trinajstić information content (AvgIpc) is 2.41. The predicted molar refractivity (Wildman–Crippen MR) is 57.1 cm³/mol. The summed E-state index contributed by atoms with van der Waals surface area (Å²) in [5.74, 6) is -0.221. The van der Waals surface area contributed by atoms with Crippen molar-refractivity contribution in [3.63, 3.8) is 0 Å². The number of nitrogens with one attached hydrogen (secondary N) is 1. The van der Waals surface area contributed by atoms with Crippen molar-refractivity contribution in [2.24, 2.45) is 12.8 Å². The fourth-order valence-electron chi connectivity index (χ4n) is 1.08. The first-order chi connectivity index (χ1) is 6.50. The van der Waals surface area contributed by atoms with Crippen molar-refractivity contribution < 1.29 is 4.79 Å². The molecule has 6 heteroatoms. The van der Waals surface area contributed by atoms with Crippen LogP contribution in [0.2, 0.25) is 0 Å². The largest absolute Gasteiger partial charge is 0.392 e. The van der Waals surface area contributed by atoms with Gasteiger partial charge in [-0.2, -0.15) is 5.10 Å². The molecule has 0 atom stereocenters. The van der Waals surface area contributed by atoms with Crippen molar-refractivity contribution in [2.45, 2.75) is 6.92 Å². The van der Waals surface area contributed by atoms with Crippen LogP contribution in [-0.4, -0.2) is 27.2 Å². The van der Waals surface area contributed by atoms with Crippen molar-refractivity contribution in [2.75, 3.05) is 6.54 Å². The minimum atomic E-state index is -0.221. The summed E-state index contributed by atoms with van der Waals surface area (Å²) < 4.78 is 1.52. The molecule has 76 valence electrons. The molecular formula is C8H12N4OS. The van der Waals surface area contributed by atoms with Gasteiger partial charge in [0.25, 0.3) is 5.91 Å². The molecule has 1 rings (SSSR count). The quantitative estimate of drug-likeness (QED) is 0.677. The van der Waals surface area contributed by atoms with E-state index in [0.717, 1.165) is 5.69 Å². The van der Waals surface area contributed by atoms with Crippen LogP contribution in [0.15, 0.2) is 6.07 Å². The number of carbonyl (C=O) groups is 1. The summed E-state index contributed by atoms with van der Waals surface area (Å²) in [6.07, 6.45) is 0. The van der Waals surface area contributed by atoms with E-state index in [4.69, 9.17) is 5.73 Å². The Morgan fingerprint density at radius 1 is 1.79 bits per heavy atom. The van der Waals surface area contributed by atoms with E-state index in [1.165, 1.54) is 4.68 Å². The number of aryl methyl sites for hydroxylation is 2. The van der Waals surface area contributed by atoms with E-state index in [2.05, 4.69) is 22.6 Å². The molecule has 0 saturated heterocycles. The van der Waals surface area contributed by atoms with Gasteiger partial charge in [-0.1, -0.05) is 12.2 Å². The molecule has 1 aromatic rings. The highest BCUT2D eigenvalue weighted by molar-refractivity contribution is 7.80. The molecule has 0 fully saturated rings. The van der Waals surface area contributed by atoms with E-state index in [1.54, 1.807) is 13.1 Å². The molecule has 5 nitrogen and oxygen atoms in total. The molecule has 14 heavy (non-hydrogen) atoms.